The second-order valence-electron chi connectivity index (χ2n) is 3.94. The first kappa shape index (κ1) is 11.6. The van der Waals surface area contributed by atoms with E-state index in [-0.39, 0.29) is 12.2 Å². The fourth-order valence-electron chi connectivity index (χ4n) is 1.53. The van der Waals surface area contributed by atoms with Gasteiger partial charge in [0, 0.05) is 6.42 Å². The van der Waals surface area contributed by atoms with Crippen LogP contribution in [0.25, 0.3) is 0 Å². The molecule has 2 heteroatoms. The maximum Gasteiger partial charge on any atom is 0.153 e. The highest BCUT2D eigenvalue weighted by Gasteiger charge is 2.49. The van der Waals surface area contributed by atoms with Gasteiger partial charge in [0.15, 0.2) is 5.60 Å². The summed E-state index contributed by atoms with van der Waals surface area (Å²) in [4.78, 5) is 0. The molecule has 0 radical (unpaired) electrons. The van der Waals surface area contributed by atoms with Crippen molar-refractivity contribution in [2.45, 2.75) is 64.3 Å². The summed E-state index contributed by atoms with van der Waals surface area (Å²) in [5.41, 5.74) is -0.910. The summed E-state index contributed by atoms with van der Waals surface area (Å²) < 4.78 is 5.28. The minimum Gasteiger partial charge on any atom is -0.375 e. The first-order valence-electron chi connectivity index (χ1n) is 5.52. The quantitative estimate of drug-likeness (QED) is 0.424. The van der Waals surface area contributed by atoms with E-state index in [0.717, 1.165) is 19.3 Å². The van der Waals surface area contributed by atoms with Crippen LogP contribution in [0.2, 0.25) is 0 Å². The van der Waals surface area contributed by atoms with E-state index in [1.165, 1.54) is 0 Å². The minimum absolute atomic E-state index is 0.0679. The van der Waals surface area contributed by atoms with Crippen molar-refractivity contribution in [2.75, 3.05) is 0 Å². The lowest BCUT2D eigenvalue weighted by Crippen LogP contribution is -2.33. The van der Waals surface area contributed by atoms with Crippen molar-refractivity contribution in [3.8, 4) is 11.8 Å². The van der Waals surface area contributed by atoms with Gasteiger partial charge in [0.2, 0.25) is 0 Å². The predicted molar refractivity (Wildman–Crippen MR) is 56.9 cm³/mol. The van der Waals surface area contributed by atoms with Crippen LogP contribution in [0.3, 0.4) is 0 Å². The van der Waals surface area contributed by atoms with Crippen molar-refractivity contribution >= 4 is 0 Å². The summed E-state index contributed by atoms with van der Waals surface area (Å²) in [5.74, 6) is 5.99. The number of hydrogen-bond donors (Lipinski definition) is 1. The zero-order valence-corrected chi connectivity index (χ0v) is 9.34. The van der Waals surface area contributed by atoms with E-state index in [2.05, 4.69) is 18.8 Å². The van der Waals surface area contributed by atoms with E-state index >= 15 is 0 Å². The lowest BCUT2D eigenvalue weighted by atomic mass is 9.95. The highest BCUT2D eigenvalue weighted by Crippen LogP contribution is 2.33. The van der Waals surface area contributed by atoms with E-state index in [1.54, 1.807) is 0 Å². The Morgan fingerprint density at radius 2 is 2.07 bits per heavy atom. The van der Waals surface area contributed by atoms with Crippen LogP contribution in [0, 0.1) is 11.8 Å². The van der Waals surface area contributed by atoms with E-state index < -0.39 is 5.60 Å². The molecule has 1 saturated heterocycles. The summed E-state index contributed by atoms with van der Waals surface area (Å²) in [6.45, 7) is 6.06. The van der Waals surface area contributed by atoms with Crippen LogP contribution in [-0.4, -0.2) is 22.9 Å². The summed E-state index contributed by atoms with van der Waals surface area (Å²) in [5, 5.41) is 10.1. The molecule has 0 saturated carbocycles. The Balaban J connectivity index is 2.47. The third-order valence-electron chi connectivity index (χ3n) is 2.68. The Bertz CT molecular complexity index is 238. The molecule has 3 unspecified atom stereocenters. The number of ether oxygens (including phenoxy) is 1. The number of epoxide rings is 1. The first-order chi connectivity index (χ1) is 6.64. The van der Waals surface area contributed by atoms with Crippen molar-refractivity contribution in [2.24, 2.45) is 0 Å². The molecular weight excluding hydrogens is 176 g/mol. The summed E-state index contributed by atoms with van der Waals surface area (Å²) >= 11 is 0. The van der Waals surface area contributed by atoms with Crippen molar-refractivity contribution < 1.29 is 9.84 Å². The third kappa shape index (κ3) is 2.73. The first-order valence-corrected chi connectivity index (χ1v) is 5.52. The SMILES string of the molecule is CCCCC#CC(O)(CC)C1OC1C. The molecule has 1 fully saturated rings. The Morgan fingerprint density at radius 1 is 1.43 bits per heavy atom. The minimum atomic E-state index is -0.910. The van der Waals surface area contributed by atoms with Crippen LogP contribution >= 0.6 is 0 Å². The molecule has 1 rings (SSSR count). The average molecular weight is 196 g/mol. The molecule has 14 heavy (non-hydrogen) atoms. The molecule has 0 bridgehead atoms. The van der Waals surface area contributed by atoms with Crippen molar-refractivity contribution in [1.82, 2.24) is 0 Å². The van der Waals surface area contributed by atoms with Crippen molar-refractivity contribution in [3.63, 3.8) is 0 Å². The van der Waals surface area contributed by atoms with Gasteiger partial charge in [-0.25, -0.2) is 0 Å². The van der Waals surface area contributed by atoms with Gasteiger partial charge in [-0.1, -0.05) is 26.2 Å². The smallest absolute Gasteiger partial charge is 0.153 e. The maximum atomic E-state index is 10.1. The second kappa shape index (κ2) is 4.82. The van der Waals surface area contributed by atoms with Gasteiger partial charge in [0.1, 0.15) is 6.10 Å². The molecule has 1 heterocycles. The lowest BCUT2D eigenvalue weighted by molar-refractivity contribution is 0.0640. The van der Waals surface area contributed by atoms with Crippen molar-refractivity contribution in [3.05, 3.63) is 0 Å². The molecule has 1 N–H and O–H groups in total. The standard InChI is InChI=1S/C12H20O2/c1-4-6-7-8-9-12(13,5-2)11-10(3)14-11/h10-11,13H,4-7H2,1-3H3. The van der Waals surface area contributed by atoms with E-state index in [0.29, 0.717) is 6.42 Å². The van der Waals surface area contributed by atoms with Gasteiger partial charge in [-0.2, -0.15) is 0 Å². The molecule has 1 aliphatic heterocycles. The third-order valence-corrected chi connectivity index (χ3v) is 2.68. The normalized spacial score (nSPS) is 28.9. The highest BCUT2D eigenvalue weighted by molar-refractivity contribution is 5.20. The Hall–Kier alpha value is -0.520. The molecule has 2 nitrogen and oxygen atoms in total. The lowest BCUT2D eigenvalue weighted by Gasteiger charge is -2.17. The van der Waals surface area contributed by atoms with E-state index in [9.17, 15) is 5.11 Å². The number of unbranched alkanes of at least 4 members (excludes halogenated alkanes) is 2. The van der Waals surface area contributed by atoms with Crippen LogP contribution in [-0.2, 0) is 4.74 Å². The van der Waals surface area contributed by atoms with Crippen molar-refractivity contribution in [1.29, 1.82) is 0 Å². The summed E-state index contributed by atoms with van der Waals surface area (Å²) in [6.07, 6.45) is 3.87. The topological polar surface area (TPSA) is 32.8 Å². The molecule has 0 aromatic rings. The molecule has 0 amide bonds. The zero-order valence-electron chi connectivity index (χ0n) is 9.34. The van der Waals surface area contributed by atoms with Gasteiger partial charge in [-0.3, -0.25) is 0 Å². The molecule has 0 aliphatic carbocycles. The molecule has 3 atom stereocenters. The largest absolute Gasteiger partial charge is 0.375 e. The van der Waals surface area contributed by atoms with Crippen LogP contribution in [0.15, 0.2) is 0 Å². The van der Waals surface area contributed by atoms with E-state index in [1.807, 2.05) is 13.8 Å². The molecule has 80 valence electrons. The average Bonchev–Trinajstić information content (AvgIpc) is 2.91. The highest BCUT2D eigenvalue weighted by atomic mass is 16.6. The zero-order chi connectivity index (χ0) is 10.6. The fourth-order valence-corrected chi connectivity index (χ4v) is 1.53. The Morgan fingerprint density at radius 3 is 2.50 bits per heavy atom. The van der Waals surface area contributed by atoms with Crippen LogP contribution in [0.5, 0.6) is 0 Å². The van der Waals surface area contributed by atoms with Gasteiger partial charge in [-0.05, 0) is 19.8 Å². The van der Waals surface area contributed by atoms with Gasteiger partial charge < -0.3 is 9.84 Å². The van der Waals surface area contributed by atoms with Gasteiger partial charge in [0.25, 0.3) is 0 Å². The Kier molecular flexibility index (Phi) is 3.97. The maximum absolute atomic E-state index is 10.1. The van der Waals surface area contributed by atoms with Crippen LogP contribution in [0.1, 0.15) is 46.5 Å². The predicted octanol–water partition coefficient (Wildman–Crippen LogP) is 2.11. The number of rotatable bonds is 4. The summed E-state index contributed by atoms with van der Waals surface area (Å²) in [6, 6.07) is 0. The second-order valence-corrected chi connectivity index (χ2v) is 3.94. The fraction of sp³-hybridized carbons (Fsp3) is 0.833. The van der Waals surface area contributed by atoms with Gasteiger partial charge in [-0.15, -0.1) is 5.92 Å². The molecule has 0 spiro atoms. The molecule has 1 aliphatic rings. The summed E-state index contributed by atoms with van der Waals surface area (Å²) in [7, 11) is 0. The van der Waals surface area contributed by atoms with Crippen LogP contribution < -0.4 is 0 Å². The van der Waals surface area contributed by atoms with Gasteiger partial charge >= 0.3 is 0 Å². The van der Waals surface area contributed by atoms with E-state index in [4.69, 9.17) is 4.74 Å². The van der Waals surface area contributed by atoms with Gasteiger partial charge in [0.05, 0.1) is 6.10 Å². The molecular formula is C12H20O2. The van der Waals surface area contributed by atoms with Crippen LogP contribution in [0.4, 0.5) is 0 Å². The monoisotopic (exact) mass is 196 g/mol. The Labute approximate surface area is 86.7 Å². The molecule has 0 aromatic carbocycles. The number of hydrogen-bond acceptors (Lipinski definition) is 2. The number of aliphatic hydroxyl groups is 1. The molecule has 0 aromatic heterocycles.